The molecule has 0 aromatic carbocycles. The molecule has 3 saturated heterocycles. The first kappa shape index (κ1) is 17.4. The van der Waals surface area contributed by atoms with E-state index < -0.39 is 0 Å². The summed E-state index contributed by atoms with van der Waals surface area (Å²) < 4.78 is 11.8. The van der Waals surface area contributed by atoms with Gasteiger partial charge in [-0.15, -0.1) is 0 Å². The van der Waals surface area contributed by atoms with Crippen molar-refractivity contribution in [2.24, 2.45) is 11.8 Å². The third-order valence-electron chi connectivity index (χ3n) is 6.70. The lowest BCUT2D eigenvalue weighted by Crippen LogP contribution is -2.41. The zero-order valence-corrected chi connectivity index (χ0v) is 16.6. The summed E-state index contributed by atoms with van der Waals surface area (Å²) in [5, 5.41) is 11.1. The van der Waals surface area contributed by atoms with Gasteiger partial charge >= 0.3 is 0 Å². The molecule has 3 aliphatic rings. The van der Waals surface area contributed by atoms with Crippen LogP contribution in [-0.4, -0.2) is 47.3 Å². The molecule has 5 heterocycles. The average Bonchev–Trinajstić information content (AvgIpc) is 3.44. The largest absolute Gasteiger partial charge is 0.370 e. The summed E-state index contributed by atoms with van der Waals surface area (Å²) in [6, 6.07) is 1.87. The Bertz CT molecular complexity index is 829. The summed E-state index contributed by atoms with van der Waals surface area (Å²) in [5.74, 6) is 1.82. The number of nitrogens with one attached hydrogen (secondary N) is 1. The number of carbonyl (C=O) groups excluding carboxylic acids is 1. The maximum atomic E-state index is 12.3. The summed E-state index contributed by atoms with van der Waals surface area (Å²) in [4.78, 5) is 14.8. The highest BCUT2D eigenvalue weighted by Gasteiger charge is 2.62. The maximum Gasteiger partial charge on any atom is 0.252 e. The van der Waals surface area contributed by atoms with Gasteiger partial charge in [0.05, 0.1) is 17.4 Å². The van der Waals surface area contributed by atoms with Gasteiger partial charge in [0, 0.05) is 54.5 Å². The fourth-order valence-corrected chi connectivity index (χ4v) is 5.97. The second kappa shape index (κ2) is 6.43. The van der Waals surface area contributed by atoms with Gasteiger partial charge in [-0.2, -0.15) is 11.3 Å². The van der Waals surface area contributed by atoms with Crippen molar-refractivity contribution < 1.29 is 14.1 Å². The second-order valence-corrected chi connectivity index (χ2v) is 9.00. The number of carbonyl (C=O) groups is 1. The van der Waals surface area contributed by atoms with Crippen molar-refractivity contribution in [1.29, 1.82) is 0 Å². The van der Waals surface area contributed by atoms with Crippen LogP contribution in [0.4, 0.5) is 0 Å². The Morgan fingerprint density at radius 3 is 3.11 bits per heavy atom. The molecule has 144 valence electrons. The highest BCUT2D eigenvalue weighted by molar-refractivity contribution is 7.08. The summed E-state index contributed by atoms with van der Waals surface area (Å²) >= 11 is 1.55. The van der Waals surface area contributed by atoms with Crippen molar-refractivity contribution in [2.75, 3.05) is 19.6 Å². The predicted molar refractivity (Wildman–Crippen MR) is 102 cm³/mol. The van der Waals surface area contributed by atoms with Gasteiger partial charge < -0.3 is 14.6 Å². The number of fused-ring (bicyclic) bond motifs is 1. The molecule has 4 atom stereocenters. The van der Waals surface area contributed by atoms with Gasteiger partial charge in [0.15, 0.2) is 0 Å². The van der Waals surface area contributed by atoms with Crippen molar-refractivity contribution in [3.8, 4) is 0 Å². The number of nitrogens with zero attached hydrogens (tertiary/aromatic N) is 2. The van der Waals surface area contributed by atoms with Gasteiger partial charge in [0.1, 0.15) is 5.76 Å². The minimum atomic E-state index is -0.0264. The third-order valence-corrected chi connectivity index (χ3v) is 7.38. The molecule has 5 rings (SSSR count). The van der Waals surface area contributed by atoms with E-state index in [9.17, 15) is 4.79 Å². The molecular formula is C20H25N3O3S. The molecule has 7 heteroatoms. The number of aryl methyl sites for hydroxylation is 2. The molecule has 1 spiro atoms. The summed E-state index contributed by atoms with van der Waals surface area (Å²) in [5.41, 5.74) is 2.90. The van der Waals surface area contributed by atoms with Crippen LogP contribution in [0, 0.1) is 25.7 Å². The minimum absolute atomic E-state index is 0.0264. The summed E-state index contributed by atoms with van der Waals surface area (Å²) in [7, 11) is 0. The molecule has 2 aromatic rings. The molecule has 0 saturated carbocycles. The normalized spacial score (nSPS) is 32.1. The first-order valence-corrected chi connectivity index (χ1v) is 10.6. The van der Waals surface area contributed by atoms with Gasteiger partial charge in [0.25, 0.3) is 5.91 Å². The van der Waals surface area contributed by atoms with Crippen molar-refractivity contribution in [2.45, 2.75) is 44.9 Å². The smallest absolute Gasteiger partial charge is 0.252 e. The molecule has 0 aliphatic carbocycles. The van der Waals surface area contributed by atoms with Gasteiger partial charge in [0.2, 0.25) is 0 Å². The Hall–Kier alpha value is -1.70. The van der Waals surface area contributed by atoms with Gasteiger partial charge in [-0.1, -0.05) is 5.16 Å². The van der Waals surface area contributed by atoms with Crippen molar-refractivity contribution in [3.05, 3.63) is 39.4 Å². The number of hydrogen-bond donors (Lipinski definition) is 1. The van der Waals surface area contributed by atoms with E-state index in [0.29, 0.717) is 24.5 Å². The quantitative estimate of drug-likeness (QED) is 0.854. The first-order chi connectivity index (χ1) is 13.1. The Labute approximate surface area is 162 Å². The lowest BCUT2D eigenvalue weighted by atomic mass is 9.73. The first-order valence-electron chi connectivity index (χ1n) is 9.68. The SMILES string of the molecule is Cc1noc(C)c1CN1C[C@@H]2[C@H](CNC(=O)c3ccsc3)[C@H]3CC[C@]2(C1)O3. The highest BCUT2D eigenvalue weighted by atomic mass is 32.1. The Morgan fingerprint density at radius 2 is 2.37 bits per heavy atom. The second-order valence-electron chi connectivity index (χ2n) is 8.22. The average molecular weight is 388 g/mol. The van der Waals surface area contributed by atoms with E-state index in [2.05, 4.69) is 15.4 Å². The van der Waals surface area contributed by atoms with Crippen LogP contribution in [0.15, 0.2) is 21.3 Å². The summed E-state index contributed by atoms with van der Waals surface area (Å²) in [6.07, 6.45) is 2.53. The third kappa shape index (κ3) is 2.83. The Kier molecular flexibility index (Phi) is 4.14. The van der Waals surface area contributed by atoms with Crippen molar-refractivity contribution >= 4 is 17.2 Å². The van der Waals surface area contributed by atoms with Crippen LogP contribution >= 0.6 is 11.3 Å². The molecule has 0 unspecified atom stereocenters. The maximum absolute atomic E-state index is 12.3. The molecule has 2 aromatic heterocycles. The van der Waals surface area contributed by atoms with Crippen molar-refractivity contribution in [3.63, 3.8) is 0 Å². The van der Waals surface area contributed by atoms with Crippen LogP contribution in [0.2, 0.25) is 0 Å². The van der Waals surface area contributed by atoms with Crippen LogP contribution < -0.4 is 5.32 Å². The number of ether oxygens (including phenoxy) is 1. The molecule has 0 radical (unpaired) electrons. The molecule has 3 fully saturated rings. The van der Waals surface area contributed by atoms with E-state index in [1.54, 1.807) is 11.3 Å². The van der Waals surface area contributed by atoms with Gasteiger partial charge in [-0.25, -0.2) is 0 Å². The van der Waals surface area contributed by atoms with E-state index in [4.69, 9.17) is 9.26 Å². The van der Waals surface area contributed by atoms with Crippen LogP contribution in [-0.2, 0) is 11.3 Å². The minimum Gasteiger partial charge on any atom is -0.370 e. The van der Waals surface area contributed by atoms with Crippen LogP contribution in [0.5, 0.6) is 0 Å². The van der Waals surface area contributed by atoms with Gasteiger partial charge in [-0.05, 0) is 38.1 Å². The number of thiophene rings is 1. The number of amides is 1. The molecule has 1 N–H and O–H groups in total. The lowest BCUT2D eigenvalue weighted by Gasteiger charge is -2.29. The molecule has 27 heavy (non-hydrogen) atoms. The highest BCUT2D eigenvalue weighted by Crippen LogP contribution is 2.54. The number of rotatable bonds is 5. The number of likely N-dealkylation sites (tertiary alicyclic amines) is 1. The fourth-order valence-electron chi connectivity index (χ4n) is 5.34. The number of hydrogen-bond acceptors (Lipinski definition) is 6. The van der Waals surface area contributed by atoms with Gasteiger partial charge in [-0.3, -0.25) is 9.69 Å². The Morgan fingerprint density at radius 1 is 1.48 bits per heavy atom. The molecule has 1 amide bonds. The monoisotopic (exact) mass is 387 g/mol. The standard InChI is InChI=1S/C20H25N3O3S/c1-12-16(13(2)26-22-12)8-23-9-17-15(18-3-5-20(17,11-23)25-18)7-21-19(24)14-4-6-27-10-14/h4,6,10,15,17-18H,3,5,7-9,11H2,1-2H3,(H,21,24)/t15-,17+,18+,20+/m0/s1. The van der Waals surface area contributed by atoms with Crippen molar-refractivity contribution in [1.82, 2.24) is 15.4 Å². The molecule has 3 aliphatic heterocycles. The van der Waals surface area contributed by atoms with Crippen LogP contribution in [0.25, 0.3) is 0 Å². The zero-order valence-electron chi connectivity index (χ0n) is 15.7. The van der Waals surface area contributed by atoms with E-state index in [-0.39, 0.29) is 11.5 Å². The molecule has 6 nitrogen and oxygen atoms in total. The zero-order chi connectivity index (χ0) is 18.6. The van der Waals surface area contributed by atoms with E-state index in [0.717, 1.165) is 49.5 Å². The molecule has 2 bridgehead atoms. The number of aromatic nitrogens is 1. The fraction of sp³-hybridized carbons (Fsp3) is 0.600. The predicted octanol–water partition coefficient (Wildman–Crippen LogP) is 2.76. The Balaban J connectivity index is 1.27. The lowest BCUT2D eigenvalue weighted by molar-refractivity contribution is 0.00207. The van der Waals surface area contributed by atoms with E-state index >= 15 is 0 Å². The van der Waals surface area contributed by atoms with Crippen LogP contribution in [0.3, 0.4) is 0 Å². The van der Waals surface area contributed by atoms with E-state index in [1.807, 2.05) is 30.7 Å². The summed E-state index contributed by atoms with van der Waals surface area (Å²) in [6.45, 7) is 7.53. The van der Waals surface area contributed by atoms with E-state index in [1.165, 1.54) is 5.56 Å². The van der Waals surface area contributed by atoms with Crippen LogP contribution in [0.1, 0.15) is 40.2 Å². The molecular weight excluding hydrogens is 362 g/mol. The topological polar surface area (TPSA) is 67.6 Å².